The number of aromatic nitrogens is 1. The molecule has 0 atom stereocenters. The predicted molar refractivity (Wildman–Crippen MR) is 105 cm³/mol. The van der Waals surface area contributed by atoms with Gasteiger partial charge >= 0.3 is 0 Å². The number of carbonyl (C=O) groups is 1. The average molecular weight is 349 g/mol. The third-order valence-corrected chi connectivity index (χ3v) is 3.96. The molecule has 26 heavy (non-hydrogen) atoms. The van der Waals surface area contributed by atoms with Crippen molar-refractivity contribution in [3.8, 4) is 0 Å². The highest BCUT2D eigenvalue weighted by Crippen LogP contribution is 2.23. The number of hydrogen-bond donors (Lipinski definition) is 2. The summed E-state index contributed by atoms with van der Waals surface area (Å²) < 4.78 is 5.31. The molecule has 1 aromatic heterocycles. The molecule has 1 amide bonds. The number of hydrogen-bond acceptors (Lipinski definition) is 4. The Morgan fingerprint density at radius 2 is 1.85 bits per heavy atom. The van der Waals surface area contributed by atoms with Gasteiger partial charge in [-0.15, -0.1) is 0 Å². The summed E-state index contributed by atoms with van der Waals surface area (Å²) in [6.07, 6.45) is 0.789. The molecule has 0 aliphatic heterocycles. The van der Waals surface area contributed by atoms with Crippen LogP contribution in [0.2, 0.25) is 0 Å². The minimum Gasteiger partial charge on any atom is -0.382 e. The first kappa shape index (κ1) is 17.9. The largest absolute Gasteiger partial charge is 0.382 e. The fraction of sp³-hybridized carbons (Fsp3) is 0.238. The fourth-order valence-corrected chi connectivity index (χ4v) is 2.71. The molecule has 5 heteroatoms. The molecule has 0 bridgehead atoms. The Balaban J connectivity index is 1.82. The number of carbonyl (C=O) groups excluding carboxylic acids is 1. The molecule has 3 rings (SSSR count). The monoisotopic (exact) mass is 349 g/mol. The number of pyridine rings is 1. The maximum absolute atomic E-state index is 12.7. The summed E-state index contributed by atoms with van der Waals surface area (Å²) in [5.41, 5.74) is 2.33. The van der Waals surface area contributed by atoms with Gasteiger partial charge in [0, 0.05) is 30.8 Å². The van der Waals surface area contributed by atoms with Gasteiger partial charge < -0.3 is 15.4 Å². The van der Waals surface area contributed by atoms with Crippen LogP contribution in [-0.4, -0.2) is 30.6 Å². The van der Waals surface area contributed by atoms with Crippen LogP contribution in [0.1, 0.15) is 23.7 Å². The zero-order chi connectivity index (χ0) is 18.2. The van der Waals surface area contributed by atoms with Crippen molar-refractivity contribution in [2.45, 2.75) is 13.3 Å². The van der Waals surface area contributed by atoms with Crippen molar-refractivity contribution in [1.82, 2.24) is 10.3 Å². The molecule has 0 aliphatic carbocycles. The Kier molecular flexibility index (Phi) is 6.17. The van der Waals surface area contributed by atoms with Crippen LogP contribution < -0.4 is 10.6 Å². The topological polar surface area (TPSA) is 63.2 Å². The Labute approximate surface area is 153 Å². The summed E-state index contributed by atoms with van der Waals surface area (Å²) in [6.45, 7) is 3.88. The van der Waals surface area contributed by atoms with Crippen LogP contribution in [0.5, 0.6) is 0 Å². The molecule has 0 fully saturated rings. The molecular formula is C21H23N3O2. The summed E-state index contributed by atoms with van der Waals surface area (Å²) in [5.74, 6) is 0.547. The molecule has 0 radical (unpaired) electrons. The van der Waals surface area contributed by atoms with Gasteiger partial charge in [0.25, 0.3) is 5.91 Å². The molecule has 1 heterocycles. The number of ether oxygens (including phenoxy) is 1. The van der Waals surface area contributed by atoms with Crippen molar-refractivity contribution in [3.63, 3.8) is 0 Å². The van der Waals surface area contributed by atoms with Crippen LogP contribution in [0.15, 0.2) is 60.7 Å². The van der Waals surface area contributed by atoms with Crippen LogP contribution in [-0.2, 0) is 4.74 Å². The number of para-hydroxylation sites is 2. The molecule has 2 N–H and O–H groups in total. The molecule has 5 nitrogen and oxygen atoms in total. The van der Waals surface area contributed by atoms with Crippen molar-refractivity contribution in [2.75, 3.05) is 25.1 Å². The zero-order valence-electron chi connectivity index (χ0n) is 14.9. The lowest BCUT2D eigenvalue weighted by atomic mass is 10.1. The van der Waals surface area contributed by atoms with Crippen molar-refractivity contribution >= 4 is 28.3 Å². The number of benzene rings is 2. The number of nitrogens with one attached hydrogen (secondary N) is 2. The van der Waals surface area contributed by atoms with E-state index in [1.165, 1.54) is 0 Å². The Morgan fingerprint density at radius 3 is 2.65 bits per heavy atom. The molecule has 3 aromatic rings. The number of fused-ring (bicyclic) bond motifs is 1. The zero-order valence-corrected chi connectivity index (χ0v) is 14.9. The summed E-state index contributed by atoms with van der Waals surface area (Å²) in [6, 6.07) is 19.3. The van der Waals surface area contributed by atoms with E-state index < -0.39 is 0 Å². The van der Waals surface area contributed by atoms with Crippen molar-refractivity contribution in [1.29, 1.82) is 0 Å². The second-order valence-electron chi connectivity index (χ2n) is 5.87. The lowest BCUT2D eigenvalue weighted by Crippen LogP contribution is -2.25. The summed E-state index contributed by atoms with van der Waals surface area (Å²) in [5, 5.41) is 7.07. The van der Waals surface area contributed by atoms with Gasteiger partial charge in [0.1, 0.15) is 5.82 Å². The van der Waals surface area contributed by atoms with Gasteiger partial charge in [-0.05, 0) is 37.6 Å². The van der Waals surface area contributed by atoms with E-state index in [-0.39, 0.29) is 5.91 Å². The van der Waals surface area contributed by atoms with E-state index >= 15 is 0 Å². The SMILES string of the molecule is CCOCCCNC(=O)c1cc(Nc2ccccc2)nc2ccccc12. The molecule has 0 saturated carbocycles. The summed E-state index contributed by atoms with van der Waals surface area (Å²) >= 11 is 0. The van der Waals surface area contributed by atoms with Crippen LogP contribution in [0, 0.1) is 0 Å². The molecule has 134 valence electrons. The normalized spacial score (nSPS) is 10.7. The number of anilines is 2. The highest BCUT2D eigenvalue weighted by molar-refractivity contribution is 6.07. The standard InChI is InChI=1S/C21H23N3O2/c1-2-26-14-8-13-22-21(25)18-15-20(23-16-9-4-3-5-10-16)24-19-12-7-6-11-17(18)19/h3-7,9-12,15H,2,8,13-14H2,1H3,(H,22,25)(H,23,24). The van der Waals surface area contributed by atoms with Gasteiger partial charge in [0.2, 0.25) is 0 Å². The minimum absolute atomic E-state index is 0.101. The van der Waals surface area contributed by atoms with Crippen molar-refractivity contribution in [3.05, 3.63) is 66.2 Å². The van der Waals surface area contributed by atoms with E-state index in [4.69, 9.17) is 4.74 Å². The molecular weight excluding hydrogens is 326 g/mol. The van der Waals surface area contributed by atoms with Gasteiger partial charge in [-0.25, -0.2) is 4.98 Å². The second-order valence-corrected chi connectivity index (χ2v) is 5.87. The lowest BCUT2D eigenvalue weighted by Gasteiger charge is -2.12. The van der Waals surface area contributed by atoms with E-state index in [0.29, 0.717) is 31.1 Å². The molecule has 0 unspecified atom stereocenters. The van der Waals surface area contributed by atoms with E-state index in [0.717, 1.165) is 23.0 Å². The van der Waals surface area contributed by atoms with Gasteiger partial charge in [-0.1, -0.05) is 36.4 Å². The quantitative estimate of drug-likeness (QED) is 0.600. The maximum Gasteiger partial charge on any atom is 0.252 e. The third kappa shape index (κ3) is 4.58. The van der Waals surface area contributed by atoms with Crippen LogP contribution in [0.3, 0.4) is 0 Å². The lowest BCUT2D eigenvalue weighted by molar-refractivity contribution is 0.0946. The van der Waals surface area contributed by atoms with E-state index in [1.54, 1.807) is 6.07 Å². The van der Waals surface area contributed by atoms with Crippen molar-refractivity contribution in [2.24, 2.45) is 0 Å². The molecule has 0 saturated heterocycles. The molecule has 0 spiro atoms. The maximum atomic E-state index is 12.7. The third-order valence-electron chi connectivity index (χ3n) is 3.96. The fourth-order valence-electron chi connectivity index (χ4n) is 2.71. The number of rotatable bonds is 8. The second kappa shape index (κ2) is 8.97. The number of nitrogens with zero attached hydrogens (tertiary/aromatic N) is 1. The van der Waals surface area contributed by atoms with Crippen LogP contribution in [0.4, 0.5) is 11.5 Å². The summed E-state index contributed by atoms with van der Waals surface area (Å²) in [7, 11) is 0. The first-order valence-corrected chi connectivity index (χ1v) is 8.85. The Bertz CT molecular complexity index is 866. The summed E-state index contributed by atoms with van der Waals surface area (Å²) in [4.78, 5) is 17.3. The molecule has 0 aliphatic rings. The Hall–Kier alpha value is -2.92. The van der Waals surface area contributed by atoms with Crippen LogP contribution >= 0.6 is 0 Å². The smallest absolute Gasteiger partial charge is 0.252 e. The highest BCUT2D eigenvalue weighted by atomic mass is 16.5. The Morgan fingerprint density at radius 1 is 1.08 bits per heavy atom. The average Bonchev–Trinajstić information content (AvgIpc) is 2.68. The van der Waals surface area contributed by atoms with E-state index in [2.05, 4.69) is 15.6 Å². The van der Waals surface area contributed by atoms with E-state index in [1.807, 2.05) is 61.5 Å². The van der Waals surface area contributed by atoms with Crippen molar-refractivity contribution < 1.29 is 9.53 Å². The predicted octanol–water partition coefficient (Wildman–Crippen LogP) is 4.13. The van der Waals surface area contributed by atoms with Gasteiger partial charge in [0.15, 0.2) is 0 Å². The van der Waals surface area contributed by atoms with Gasteiger partial charge in [-0.2, -0.15) is 0 Å². The van der Waals surface area contributed by atoms with E-state index in [9.17, 15) is 4.79 Å². The molecule has 2 aromatic carbocycles. The number of amides is 1. The van der Waals surface area contributed by atoms with Crippen LogP contribution in [0.25, 0.3) is 10.9 Å². The first-order valence-electron chi connectivity index (χ1n) is 8.85. The first-order chi connectivity index (χ1) is 12.8. The van der Waals surface area contributed by atoms with Gasteiger partial charge in [-0.3, -0.25) is 4.79 Å². The minimum atomic E-state index is -0.101. The van der Waals surface area contributed by atoms with Gasteiger partial charge in [0.05, 0.1) is 11.1 Å². The highest BCUT2D eigenvalue weighted by Gasteiger charge is 2.12.